The first kappa shape index (κ1) is 20.2. The second-order valence-corrected chi connectivity index (χ2v) is 6.96. The van der Waals surface area contributed by atoms with Crippen LogP contribution < -0.4 is 0 Å². The van der Waals surface area contributed by atoms with Gasteiger partial charge in [0.25, 0.3) is 0 Å². The number of ether oxygens (including phenoxy) is 1. The van der Waals surface area contributed by atoms with E-state index in [1.54, 1.807) is 0 Å². The lowest BCUT2D eigenvalue weighted by Gasteiger charge is -2.35. The molecule has 0 N–H and O–H groups in total. The van der Waals surface area contributed by atoms with Crippen LogP contribution >= 0.6 is 0 Å². The van der Waals surface area contributed by atoms with Crippen molar-refractivity contribution in [1.29, 1.82) is 0 Å². The zero-order valence-corrected chi connectivity index (χ0v) is 16.1. The Kier molecular flexibility index (Phi) is 7.31. The Bertz CT molecular complexity index is 767. The number of hydrogen-bond donors (Lipinski definition) is 0. The SMILES string of the molecule is CC(=O)C(=O)ON(Cc1ccccc1)CC1CN(Cc2ccccc2)CCO1. The van der Waals surface area contributed by atoms with Crippen molar-refractivity contribution in [1.82, 2.24) is 9.96 Å². The predicted octanol–water partition coefficient (Wildman–Crippen LogP) is 2.44. The van der Waals surface area contributed by atoms with E-state index in [1.807, 2.05) is 48.5 Å². The van der Waals surface area contributed by atoms with Gasteiger partial charge in [-0.1, -0.05) is 60.7 Å². The maximum absolute atomic E-state index is 11.8. The molecule has 28 heavy (non-hydrogen) atoms. The highest BCUT2D eigenvalue weighted by molar-refractivity contribution is 6.32. The number of hydrogen-bond acceptors (Lipinski definition) is 6. The average Bonchev–Trinajstić information content (AvgIpc) is 2.69. The largest absolute Gasteiger partial charge is 0.393 e. The zero-order valence-electron chi connectivity index (χ0n) is 16.1. The Morgan fingerprint density at radius 1 is 1.07 bits per heavy atom. The van der Waals surface area contributed by atoms with Crippen molar-refractivity contribution >= 4 is 11.8 Å². The van der Waals surface area contributed by atoms with E-state index in [2.05, 4.69) is 17.0 Å². The summed E-state index contributed by atoms with van der Waals surface area (Å²) < 4.78 is 5.90. The lowest BCUT2D eigenvalue weighted by molar-refractivity contribution is -0.204. The minimum Gasteiger partial charge on any atom is -0.374 e. The molecule has 6 nitrogen and oxygen atoms in total. The molecular weight excluding hydrogens is 356 g/mol. The summed E-state index contributed by atoms with van der Waals surface area (Å²) in [5, 5.41) is 1.52. The molecule has 1 heterocycles. The third-order valence-electron chi connectivity index (χ3n) is 4.58. The third-order valence-corrected chi connectivity index (χ3v) is 4.58. The number of carbonyl (C=O) groups excluding carboxylic acids is 2. The Balaban J connectivity index is 1.61. The molecule has 0 aliphatic carbocycles. The molecule has 1 atom stereocenters. The molecule has 0 spiro atoms. The van der Waals surface area contributed by atoms with Crippen molar-refractivity contribution in [2.75, 3.05) is 26.2 Å². The molecule has 0 amide bonds. The number of ketones is 1. The third kappa shape index (κ3) is 6.27. The number of Topliss-reactive ketones (excluding diaryl/α,β-unsaturated/α-hetero) is 1. The van der Waals surface area contributed by atoms with Crippen LogP contribution in [-0.4, -0.2) is 54.1 Å². The maximum Gasteiger partial charge on any atom is 0.393 e. The highest BCUT2D eigenvalue weighted by Crippen LogP contribution is 2.14. The van der Waals surface area contributed by atoms with Crippen LogP contribution in [0.2, 0.25) is 0 Å². The van der Waals surface area contributed by atoms with E-state index in [9.17, 15) is 9.59 Å². The molecule has 0 radical (unpaired) electrons. The van der Waals surface area contributed by atoms with E-state index in [-0.39, 0.29) is 6.10 Å². The minimum atomic E-state index is -0.854. The van der Waals surface area contributed by atoms with E-state index in [1.165, 1.54) is 17.6 Å². The Morgan fingerprint density at radius 2 is 1.71 bits per heavy atom. The van der Waals surface area contributed by atoms with Crippen LogP contribution in [-0.2, 0) is 32.3 Å². The van der Waals surface area contributed by atoms with Crippen molar-refractivity contribution < 1.29 is 19.2 Å². The summed E-state index contributed by atoms with van der Waals surface area (Å²) in [6.45, 7) is 5.08. The number of carbonyl (C=O) groups is 2. The van der Waals surface area contributed by atoms with E-state index < -0.39 is 11.8 Å². The fourth-order valence-electron chi connectivity index (χ4n) is 3.21. The van der Waals surface area contributed by atoms with Gasteiger partial charge in [0, 0.05) is 26.6 Å². The van der Waals surface area contributed by atoms with Gasteiger partial charge in [0.15, 0.2) is 0 Å². The van der Waals surface area contributed by atoms with Gasteiger partial charge < -0.3 is 9.57 Å². The molecule has 1 aliphatic heterocycles. The lowest BCUT2D eigenvalue weighted by Crippen LogP contribution is -2.47. The number of nitrogens with zero attached hydrogens (tertiary/aromatic N) is 2. The molecule has 0 saturated carbocycles. The van der Waals surface area contributed by atoms with Crippen LogP contribution in [0.25, 0.3) is 0 Å². The molecule has 1 aliphatic rings. The summed E-state index contributed by atoms with van der Waals surface area (Å²) in [5.41, 5.74) is 2.25. The first-order chi connectivity index (χ1) is 13.6. The summed E-state index contributed by atoms with van der Waals surface area (Å²) in [6.07, 6.45) is -0.110. The first-order valence-corrected chi connectivity index (χ1v) is 9.50. The average molecular weight is 382 g/mol. The van der Waals surface area contributed by atoms with Gasteiger partial charge in [-0.3, -0.25) is 9.69 Å². The van der Waals surface area contributed by atoms with E-state index >= 15 is 0 Å². The molecule has 0 bridgehead atoms. The van der Waals surface area contributed by atoms with E-state index in [0.717, 1.165) is 25.2 Å². The molecule has 1 saturated heterocycles. The normalized spacial score (nSPS) is 17.4. The highest BCUT2D eigenvalue weighted by atomic mass is 16.7. The van der Waals surface area contributed by atoms with Crippen molar-refractivity contribution in [3.63, 3.8) is 0 Å². The van der Waals surface area contributed by atoms with Gasteiger partial charge in [-0.25, -0.2) is 4.79 Å². The number of benzene rings is 2. The van der Waals surface area contributed by atoms with Crippen molar-refractivity contribution in [3.8, 4) is 0 Å². The van der Waals surface area contributed by atoms with Gasteiger partial charge in [-0.15, -0.1) is 5.06 Å². The molecule has 0 aromatic heterocycles. The molecule has 1 unspecified atom stereocenters. The van der Waals surface area contributed by atoms with Gasteiger partial charge in [0.05, 0.1) is 25.8 Å². The molecule has 2 aromatic rings. The molecule has 6 heteroatoms. The molecule has 2 aromatic carbocycles. The van der Waals surface area contributed by atoms with Gasteiger partial charge >= 0.3 is 5.97 Å². The lowest BCUT2D eigenvalue weighted by atomic mass is 10.2. The summed E-state index contributed by atoms with van der Waals surface area (Å²) in [5.74, 6) is -1.47. The van der Waals surface area contributed by atoms with Crippen molar-refractivity contribution in [2.24, 2.45) is 0 Å². The number of rotatable bonds is 8. The van der Waals surface area contributed by atoms with Crippen LogP contribution in [0.1, 0.15) is 18.1 Å². The number of hydroxylamine groups is 2. The zero-order chi connectivity index (χ0) is 19.8. The molecule has 3 rings (SSSR count). The second kappa shape index (κ2) is 10.1. The predicted molar refractivity (Wildman–Crippen MR) is 105 cm³/mol. The van der Waals surface area contributed by atoms with E-state index in [4.69, 9.17) is 9.57 Å². The Labute approximate surface area is 165 Å². The summed E-state index contributed by atoms with van der Waals surface area (Å²) in [7, 11) is 0. The fourth-order valence-corrected chi connectivity index (χ4v) is 3.21. The van der Waals surface area contributed by atoms with Crippen molar-refractivity contribution in [3.05, 3.63) is 71.8 Å². The maximum atomic E-state index is 11.8. The second-order valence-electron chi connectivity index (χ2n) is 6.96. The van der Waals surface area contributed by atoms with Crippen LogP contribution in [0.5, 0.6) is 0 Å². The molecule has 1 fully saturated rings. The Morgan fingerprint density at radius 3 is 2.36 bits per heavy atom. The van der Waals surface area contributed by atoms with Crippen LogP contribution in [0.15, 0.2) is 60.7 Å². The summed E-state index contributed by atoms with van der Waals surface area (Å²) >= 11 is 0. The van der Waals surface area contributed by atoms with Gasteiger partial charge in [-0.2, -0.15) is 0 Å². The monoisotopic (exact) mass is 382 g/mol. The van der Waals surface area contributed by atoms with Crippen LogP contribution in [0.3, 0.4) is 0 Å². The van der Waals surface area contributed by atoms with Crippen LogP contribution in [0, 0.1) is 0 Å². The Hall–Kier alpha value is -2.54. The fraction of sp³-hybridized carbons (Fsp3) is 0.364. The quantitative estimate of drug-likeness (QED) is 0.516. The summed E-state index contributed by atoms with van der Waals surface area (Å²) in [4.78, 5) is 30.8. The molecular formula is C22H26N2O4. The molecule has 148 valence electrons. The van der Waals surface area contributed by atoms with Crippen molar-refractivity contribution in [2.45, 2.75) is 26.1 Å². The topological polar surface area (TPSA) is 59.1 Å². The summed E-state index contributed by atoms with van der Waals surface area (Å²) in [6, 6.07) is 20.0. The first-order valence-electron chi connectivity index (χ1n) is 9.50. The van der Waals surface area contributed by atoms with E-state index in [0.29, 0.717) is 19.7 Å². The van der Waals surface area contributed by atoms with Crippen LogP contribution in [0.4, 0.5) is 0 Å². The number of morpholine rings is 1. The standard InChI is InChI=1S/C22H26N2O4/c1-18(25)22(26)28-24(15-20-10-6-3-7-11-20)17-21-16-23(12-13-27-21)14-19-8-4-2-5-9-19/h2-11,21H,12-17H2,1H3. The minimum absolute atomic E-state index is 0.110. The van der Waals surface area contributed by atoms with Gasteiger partial charge in [-0.05, 0) is 11.1 Å². The van der Waals surface area contributed by atoms with Gasteiger partial charge in [0.2, 0.25) is 5.78 Å². The smallest absolute Gasteiger partial charge is 0.374 e. The van der Waals surface area contributed by atoms with Gasteiger partial charge in [0.1, 0.15) is 0 Å². The highest BCUT2D eigenvalue weighted by Gasteiger charge is 2.25.